The molecule has 1 N–H and O–H groups in total. The lowest BCUT2D eigenvalue weighted by Crippen LogP contribution is -2.50. The normalized spacial score (nSPS) is 14.0. The number of nitrogens with zero attached hydrogens (tertiary/aromatic N) is 3. The number of hydrogen-bond donors (Lipinski definition) is 1. The Kier molecular flexibility index (Phi) is 5.97. The van der Waals surface area contributed by atoms with Crippen molar-refractivity contribution in [3.05, 3.63) is 59.2 Å². The molecule has 0 saturated carbocycles. The van der Waals surface area contributed by atoms with Gasteiger partial charge < -0.3 is 15.1 Å². The molecule has 5 heteroatoms. The van der Waals surface area contributed by atoms with Crippen LogP contribution >= 0.6 is 0 Å². The Labute approximate surface area is 161 Å². The van der Waals surface area contributed by atoms with Crippen molar-refractivity contribution in [1.82, 2.24) is 4.90 Å². The van der Waals surface area contributed by atoms with Gasteiger partial charge in [-0.1, -0.05) is 44.2 Å². The number of aryl methyl sites for hydroxylation is 2. The van der Waals surface area contributed by atoms with Crippen molar-refractivity contribution in [1.29, 1.82) is 5.26 Å². The first-order chi connectivity index (χ1) is 13.2. The van der Waals surface area contributed by atoms with E-state index in [1.807, 2.05) is 29.2 Å². The zero-order valence-corrected chi connectivity index (χ0v) is 16.0. The van der Waals surface area contributed by atoms with Gasteiger partial charge in [0.2, 0.25) is 0 Å². The molecule has 0 aromatic heterocycles. The molecule has 0 radical (unpaired) electrons. The minimum atomic E-state index is -0.0428. The molecule has 2 aromatic carbocycles. The highest BCUT2D eigenvalue weighted by molar-refractivity contribution is 5.91. The predicted octanol–water partition coefficient (Wildman–Crippen LogP) is 4.04. The third-order valence-electron chi connectivity index (χ3n) is 5.16. The summed E-state index contributed by atoms with van der Waals surface area (Å²) in [6, 6.07) is 16.0. The summed E-state index contributed by atoms with van der Waals surface area (Å²) in [6.07, 6.45) is 1.78. The van der Waals surface area contributed by atoms with Gasteiger partial charge in [-0.25, -0.2) is 4.79 Å². The van der Waals surface area contributed by atoms with Crippen molar-refractivity contribution < 1.29 is 4.79 Å². The smallest absolute Gasteiger partial charge is 0.321 e. The maximum Gasteiger partial charge on any atom is 0.321 e. The summed E-state index contributed by atoms with van der Waals surface area (Å²) in [4.78, 5) is 16.9. The van der Waals surface area contributed by atoms with E-state index in [9.17, 15) is 10.1 Å². The number of nitriles is 1. The van der Waals surface area contributed by atoms with Crippen molar-refractivity contribution in [3.8, 4) is 6.07 Å². The van der Waals surface area contributed by atoms with Gasteiger partial charge in [0.15, 0.2) is 0 Å². The van der Waals surface area contributed by atoms with Crippen LogP contribution in [0.4, 0.5) is 16.2 Å². The van der Waals surface area contributed by atoms with Crippen molar-refractivity contribution in [2.45, 2.75) is 26.7 Å². The van der Waals surface area contributed by atoms with Gasteiger partial charge >= 0.3 is 6.03 Å². The first-order valence-corrected chi connectivity index (χ1v) is 9.58. The van der Waals surface area contributed by atoms with E-state index in [1.165, 1.54) is 11.1 Å². The third kappa shape index (κ3) is 4.06. The molecule has 0 unspecified atom stereocenters. The Morgan fingerprint density at radius 2 is 1.63 bits per heavy atom. The summed E-state index contributed by atoms with van der Waals surface area (Å²) >= 11 is 0. The van der Waals surface area contributed by atoms with Crippen LogP contribution in [0.5, 0.6) is 0 Å². The highest BCUT2D eigenvalue weighted by Crippen LogP contribution is 2.24. The third-order valence-corrected chi connectivity index (χ3v) is 5.16. The van der Waals surface area contributed by atoms with Gasteiger partial charge in [-0.05, 0) is 36.1 Å². The Bertz CT molecular complexity index is 825. The highest BCUT2D eigenvalue weighted by Gasteiger charge is 2.23. The van der Waals surface area contributed by atoms with E-state index >= 15 is 0 Å². The van der Waals surface area contributed by atoms with E-state index in [1.54, 1.807) is 0 Å². The molecule has 5 nitrogen and oxygen atoms in total. The fraction of sp³-hybridized carbons (Fsp3) is 0.364. The standard InChI is InChI=1S/C22H26N4O/c1-3-17-9-7-10-18(4-2)21(17)24-22(27)26-14-12-25(13-15-26)20-11-6-5-8-19(20)16-23/h5-11H,3-4,12-15H2,1-2H3,(H,24,27). The van der Waals surface area contributed by atoms with E-state index in [-0.39, 0.29) is 6.03 Å². The minimum Gasteiger partial charge on any atom is -0.367 e. The maximum absolute atomic E-state index is 12.8. The number of nitrogens with one attached hydrogen (secondary N) is 1. The number of carbonyl (C=O) groups excluding carboxylic acids is 1. The summed E-state index contributed by atoms with van der Waals surface area (Å²) in [5, 5.41) is 12.4. The van der Waals surface area contributed by atoms with Crippen molar-refractivity contribution >= 4 is 17.4 Å². The second-order valence-electron chi connectivity index (χ2n) is 6.69. The van der Waals surface area contributed by atoms with Gasteiger partial charge in [0, 0.05) is 31.9 Å². The quantitative estimate of drug-likeness (QED) is 0.893. The molecule has 1 aliphatic rings. The predicted molar refractivity (Wildman–Crippen MR) is 109 cm³/mol. The highest BCUT2D eigenvalue weighted by atomic mass is 16.2. The summed E-state index contributed by atoms with van der Waals surface area (Å²) in [6.45, 7) is 6.94. The lowest BCUT2D eigenvalue weighted by molar-refractivity contribution is 0.208. The molecule has 0 aliphatic carbocycles. The topological polar surface area (TPSA) is 59.4 Å². The number of amides is 2. The van der Waals surface area contributed by atoms with Crippen LogP contribution < -0.4 is 10.2 Å². The number of anilines is 2. The number of benzene rings is 2. The summed E-state index contributed by atoms with van der Waals surface area (Å²) in [7, 11) is 0. The minimum absolute atomic E-state index is 0.0428. The molecule has 1 aliphatic heterocycles. The van der Waals surface area contributed by atoms with Crippen molar-refractivity contribution in [2.75, 3.05) is 36.4 Å². The molecule has 1 fully saturated rings. The first kappa shape index (κ1) is 18.8. The fourth-order valence-corrected chi connectivity index (χ4v) is 3.58. The van der Waals surface area contributed by atoms with E-state index in [0.717, 1.165) is 37.3 Å². The van der Waals surface area contributed by atoms with Crippen LogP contribution in [0.3, 0.4) is 0 Å². The average molecular weight is 362 g/mol. The van der Waals surface area contributed by atoms with E-state index in [2.05, 4.69) is 48.3 Å². The fourth-order valence-electron chi connectivity index (χ4n) is 3.58. The Morgan fingerprint density at radius 3 is 2.22 bits per heavy atom. The summed E-state index contributed by atoms with van der Waals surface area (Å²) < 4.78 is 0. The molecule has 2 aromatic rings. The van der Waals surface area contributed by atoms with Crippen LogP contribution in [0, 0.1) is 11.3 Å². The molecular formula is C22H26N4O. The number of carbonyl (C=O) groups is 1. The van der Waals surface area contributed by atoms with Gasteiger partial charge in [0.25, 0.3) is 0 Å². The molecule has 140 valence electrons. The second-order valence-corrected chi connectivity index (χ2v) is 6.69. The van der Waals surface area contributed by atoms with E-state index in [0.29, 0.717) is 18.7 Å². The van der Waals surface area contributed by atoms with Gasteiger partial charge in [0.05, 0.1) is 11.3 Å². The van der Waals surface area contributed by atoms with Crippen LogP contribution in [0.15, 0.2) is 42.5 Å². The average Bonchev–Trinajstić information content (AvgIpc) is 2.73. The molecule has 0 spiro atoms. The monoisotopic (exact) mass is 362 g/mol. The van der Waals surface area contributed by atoms with Gasteiger partial charge in [-0.3, -0.25) is 0 Å². The number of rotatable bonds is 4. The molecule has 3 rings (SSSR count). The molecular weight excluding hydrogens is 336 g/mol. The Balaban J connectivity index is 1.67. The molecule has 27 heavy (non-hydrogen) atoms. The van der Waals surface area contributed by atoms with E-state index in [4.69, 9.17) is 0 Å². The summed E-state index contributed by atoms with van der Waals surface area (Å²) in [5.41, 5.74) is 4.93. The van der Waals surface area contributed by atoms with Gasteiger partial charge in [-0.15, -0.1) is 0 Å². The van der Waals surface area contributed by atoms with Crippen molar-refractivity contribution in [3.63, 3.8) is 0 Å². The molecule has 1 saturated heterocycles. The van der Waals surface area contributed by atoms with Crippen LogP contribution in [-0.4, -0.2) is 37.1 Å². The molecule has 1 heterocycles. The SMILES string of the molecule is CCc1cccc(CC)c1NC(=O)N1CCN(c2ccccc2C#N)CC1. The van der Waals surface area contributed by atoms with Crippen LogP contribution in [0.25, 0.3) is 0 Å². The first-order valence-electron chi connectivity index (χ1n) is 9.58. The largest absolute Gasteiger partial charge is 0.367 e. The molecule has 0 bridgehead atoms. The summed E-state index contributed by atoms with van der Waals surface area (Å²) in [5.74, 6) is 0. The maximum atomic E-state index is 12.8. The van der Waals surface area contributed by atoms with Crippen LogP contribution in [0.2, 0.25) is 0 Å². The lowest BCUT2D eigenvalue weighted by Gasteiger charge is -2.36. The van der Waals surface area contributed by atoms with Gasteiger partial charge in [-0.2, -0.15) is 5.26 Å². The molecule has 2 amide bonds. The van der Waals surface area contributed by atoms with Crippen LogP contribution in [0.1, 0.15) is 30.5 Å². The number of piperazine rings is 1. The molecule has 0 atom stereocenters. The number of urea groups is 1. The lowest BCUT2D eigenvalue weighted by atomic mass is 10.0. The van der Waals surface area contributed by atoms with Crippen LogP contribution in [-0.2, 0) is 12.8 Å². The van der Waals surface area contributed by atoms with Crippen molar-refractivity contribution in [2.24, 2.45) is 0 Å². The Morgan fingerprint density at radius 1 is 1.00 bits per heavy atom. The zero-order valence-electron chi connectivity index (χ0n) is 16.0. The second kappa shape index (κ2) is 8.59. The Hall–Kier alpha value is -3.00. The number of hydrogen-bond acceptors (Lipinski definition) is 3. The van der Waals surface area contributed by atoms with Gasteiger partial charge in [0.1, 0.15) is 6.07 Å². The zero-order chi connectivity index (χ0) is 19.2. The number of para-hydroxylation sites is 2. The van der Waals surface area contributed by atoms with E-state index < -0.39 is 0 Å².